The van der Waals surface area contributed by atoms with E-state index >= 15 is 0 Å². The van der Waals surface area contributed by atoms with Crippen LogP contribution in [0.1, 0.15) is 25.0 Å². The molecule has 25 heavy (non-hydrogen) atoms. The van der Waals surface area contributed by atoms with Crippen molar-refractivity contribution < 1.29 is 4.74 Å². The highest BCUT2D eigenvalue weighted by Gasteiger charge is 2.27. The number of rotatable bonds is 3. The predicted octanol–water partition coefficient (Wildman–Crippen LogP) is 4.03. The van der Waals surface area contributed by atoms with Gasteiger partial charge in [-0.2, -0.15) is 0 Å². The number of para-hydroxylation sites is 2. The smallest absolute Gasteiger partial charge is 0.0881 e. The highest BCUT2D eigenvalue weighted by molar-refractivity contribution is 5.71. The molecule has 3 nitrogen and oxygen atoms in total. The Hall–Kier alpha value is -1.84. The Labute approximate surface area is 151 Å². The summed E-state index contributed by atoms with van der Waals surface area (Å²) in [6, 6.07) is 18.3. The van der Waals surface area contributed by atoms with Crippen molar-refractivity contribution in [2.45, 2.75) is 38.8 Å². The van der Waals surface area contributed by atoms with E-state index in [1.807, 2.05) is 0 Å². The van der Waals surface area contributed by atoms with Gasteiger partial charge in [-0.1, -0.05) is 36.4 Å². The number of hydrogen-bond acceptors (Lipinski definition) is 3. The van der Waals surface area contributed by atoms with Crippen LogP contribution in [0.2, 0.25) is 0 Å². The second kappa shape index (κ2) is 7.19. The first kappa shape index (κ1) is 16.6. The average molecular weight is 336 g/mol. The minimum absolute atomic E-state index is 0.246. The van der Waals surface area contributed by atoms with Crippen LogP contribution in [0.25, 0.3) is 0 Å². The van der Waals surface area contributed by atoms with Crippen molar-refractivity contribution in [1.82, 2.24) is 4.90 Å². The van der Waals surface area contributed by atoms with E-state index in [0.717, 1.165) is 39.1 Å². The Morgan fingerprint density at radius 3 is 2.16 bits per heavy atom. The van der Waals surface area contributed by atoms with Crippen molar-refractivity contribution in [3.63, 3.8) is 0 Å². The van der Waals surface area contributed by atoms with Crippen molar-refractivity contribution in [1.29, 1.82) is 0 Å². The number of hydrogen-bond donors (Lipinski definition) is 0. The van der Waals surface area contributed by atoms with E-state index in [1.54, 1.807) is 0 Å². The van der Waals surface area contributed by atoms with E-state index in [-0.39, 0.29) is 6.10 Å². The van der Waals surface area contributed by atoms with E-state index < -0.39 is 0 Å². The van der Waals surface area contributed by atoms with E-state index in [9.17, 15) is 0 Å². The molecular weight excluding hydrogens is 308 g/mol. The molecule has 4 rings (SSSR count). The summed E-state index contributed by atoms with van der Waals surface area (Å²) in [6.45, 7) is 8.36. The third kappa shape index (κ3) is 3.44. The standard InChI is InChI=1S/C22H28N2O/c1-17(2)23-13-14-25-20(15-23)16-24-21-9-5-3-7-18(21)11-12-19-8-4-6-10-22(19)24/h3-10,17,20H,11-16H2,1-2H3. The lowest BCUT2D eigenvalue weighted by molar-refractivity contribution is -0.0333. The van der Waals surface area contributed by atoms with Gasteiger partial charge >= 0.3 is 0 Å². The Balaban J connectivity index is 1.66. The molecule has 1 fully saturated rings. The van der Waals surface area contributed by atoms with Crippen molar-refractivity contribution in [2.75, 3.05) is 31.1 Å². The minimum Gasteiger partial charge on any atom is -0.374 e. The normalized spacial score (nSPS) is 20.9. The van der Waals surface area contributed by atoms with Crippen LogP contribution in [-0.2, 0) is 17.6 Å². The van der Waals surface area contributed by atoms with E-state index in [0.29, 0.717) is 6.04 Å². The molecule has 0 radical (unpaired) electrons. The van der Waals surface area contributed by atoms with Gasteiger partial charge in [-0.15, -0.1) is 0 Å². The van der Waals surface area contributed by atoms with Crippen molar-refractivity contribution in [3.05, 3.63) is 59.7 Å². The Bertz CT molecular complexity index is 680. The van der Waals surface area contributed by atoms with Gasteiger partial charge < -0.3 is 9.64 Å². The molecule has 2 aliphatic heterocycles. The van der Waals surface area contributed by atoms with Crippen LogP contribution < -0.4 is 4.90 Å². The molecule has 0 amide bonds. The van der Waals surface area contributed by atoms with Crippen molar-refractivity contribution in [2.24, 2.45) is 0 Å². The molecule has 1 atom stereocenters. The molecule has 1 unspecified atom stereocenters. The third-order valence-corrected chi connectivity index (χ3v) is 5.52. The SMILES string of the molecule is CC(C)N1CCOC(CN2c3ccccc3CCc3ccccc32)C1. The van der Waals surface area contributed by atoms with Crippen LogP contribution in [0.5, 0.6) is 0 Å². The lowest BCUT2D eigenvalue weighted by Crippen LogP contribution is -2.49. The first-order chi connectivity index (χ1) is 12.2. The van der Waals surface area contributed by atoms with Gasteiger partial charge in [0.15, 0.2) is 0 Å². The van der Waals surface area contributed by atoms with Crippen molar-refractivity contribution >= 4 is 11.4 Å². The first-order valence-electron chi connectivity index (χ1n) is 9.51. The van der Waals surface area contributed by atoms with Crippen LogP contribution >= 0.6 is 0 Å². The Morgan fingerprint density at radius 1 is 0.960 bits per heavy atom. The third-order valence-electron chi connectivity index (χ3n) is 5.52. The van der Waals surface area contributed by atoms with Gasteiger partial charge in [-0.05, 0) is 49.9 Å². The van der Waals surface area contributed by atoms with E-state index in [2.05, 4.69) is 72.2 Å². The van der Waals surface area contributed by atoms with Gasteiger partial charge in [0.05, 0.1) is 19.3 Å². The topological polar surface area (TPSA) is 15.7 Å². The van der Waals surface area contributed by atoms with Gasteiger partial charge in [0.2, 0.25) is 0 Å². The largest absolute Gasteiger partial charge is 0.374 e. The van der Waals surface area contributed by atoms with Gasteiger partial charge in [0, 0.05) is 30.5 Å². The fourth-order valence-electron chi connectivity index (χ4n) is 4.09. The number of ether oxygens (including phenoxy) is 1. The van der Waals surface area contributed by atoms with Crippen molar-refractivity contribution in [3.8, 4) is 0 Å². The van der Waals surface area contributed by atoms with Gasteiger partial charge in [0.1, 0.15) is 0 Å². The van der Waals surface area contributed by atoms with Gasteiger partial charge in [-0.3, -0.25) is 4.90 Å². The molecule has 2 aromatic rings. The molecule has 3 heteroatoms. The molecule has 0 saturated carbocycles. The first-order valence-corrected chi connectivity index (χ1v) is 9.51. The van der Waals surface area contributed by atoms with Crippen LogP contribution in [0.15, 0.2) is 48.5 Å². The summed E-state index contributed by atoms with van der Waals surface area (Å²) in [6.07, 6.45) is 2.45. The monoisotopic (exact) mass is 336 g/mol. The number of fused-ring (bicyclic) bond motifs is 2. The van der Waals surface area contributed by atoms with Gasteiger partial charge in [0.25, 0.3) is 0 Å². The zero-order chi connectivity index (χ0) is 17.2. The van der Waals surface area contributed by atoms with Gasteiger partial charge in [-0.25, -0.2) is 0 Å². The molecule has 1 saturated heterocycles. The molecule has 132 valence electrons. The maximum Gasteiger partial charge on any atom is 0.0881 e. The molecular formula is C22H28N2O. The summed E-state index contributed by atoms with van der Waals surface area (Å²) >= 11 is 0. The molecule has 0 aliphatic carbocycles. The Morgan fingerprint density at radius 2 is 1.56 bits per heavy atom. The van der Waals surface area contributed by atoms with Crippen LogP contribution in [0.4, 0.5) is 11.4 Å². The molecule has 2 aliphatic rings. The lowest BCUT2D eigenvalue weighted by atomic mass is 10.0. The summed E-state index contributed by atoms with van der Waals surface area (Å²) in [4.78, 5) is 5.02. The van der Waals surface area contributed by atoms with E-state index in [4.69, 9.17) is 4.74 Å². The molecule has 2 heterocycles. The minimum atomic E-state index is 0.246. The molecule has 0 N–H and O–H groups in total. The summed E-state index contributed by atoms with van der Waals surface area (Å²) in [5, 5.41) is 0. The maximum atomic E-state index is 6.15. The number of morpholine rings is 1. The number of anilines is 2. The molecule has 0 bridgehead atoms. The second-order valence-electron chi connectivity index (χ2n) is 7.45. The van der Waals surface area contributed by atoms with E-state index in [1.165, 1.54) is 22.5 Å². The maximum absolute atomic E-state index is 6.15. The Kier molecular flexibility index (Phi) is 4.78. The zero-order valence-corrected chi connectivity index (χ0v) is 15.3. The van der Waals surface area contributed by atoms with Crippen LogP contribution in [-0.4, -0.2) is 43.3 Å². The highest BCUT2D eigenvalue weighted by atomic mass is 16.5. The lowest BCUT2D eigenvalue weighted by Gasteiger charge is -2.38. The number of aryl methyl sites for hydroxylation is 2. The highest BCUT2D eigenvalue weighted by Crippen LogP contribution is 2.36. The number of benzene rings is 2. The van der Waals surface area contributed by atoms with Crippen LogP contribution in [0.3, 0.4) is 0 Å². The number of nitrogens with zero attached hydrogens (tertiary/aromatic N) is 2. The molecule has 0 spiro atoms. The average Bonchev–Trinajstić information content (AvgIpc) is 2.80. The quantitative estimate of drug-likeness (QED) is 0.841. The van der Waals surface area contributed by atoms with Crippen LogP contribution in [0, 0.1) is 0 Å². The summed E-state index contributed by atoms with van der Waals surface area (Å²) < 4.78 is 6.15. The molecule has 0 aromatic heterocycles. The molecule has 2 aromatic carbocycles. The fourth-order valence-corrected chi connectivity index (χ4v) is 4.09. The summed E-state index contributed by atoms with van der Waals surface area (Å²) in [5.74, 6) is 0. The second-order valence-corrected chi connectivity index (χ2v) is 7.45. The summed E-state index contributed by atoms with van der Waals surface area (Å²) in [7, 11) is 0. The fraction of sp³-hybridized carbons (Fsp3) is 0.455. The predicted molar refractivity (Wildman–Crippen MR) is 104 cm³/mol. The summed E-state index contributed by atoms with van der Waals surface area (Å²) in [5.41, 5.74) is 5.57. The zero-order valence-electron chi connectivity index (χ0n) is 15.3.